The number of para-hydroxylation sites is 1. The molecule has 8 nitrogen and oxygen atoms in total. The van der Waals surface area contributed by atoms with E-state index in [1.807, 2.05) is 0 Å². The van der Waals surface area contributed by atoms with Gasteiger partial charge in [-0.2, -0.15) is 13.2 Å². The van der Waals surface area contributed by atoms with Gasteiger partial charge in [-0.3, -0.25) is 14.2 Å². The van der Waals surface area contributed by atoms with Crippen molar-refractivity contribution < 1.29 is 27.5 Å². The van der Waals surface area contributed by atoms with Crippen LogP contribution in [0.4, 0.5) is 24.8 Å². The molecule has 0 aliphatic rings. The minimum atomic E-state index is -4.61. The number of anilines is 2. The number of esters is 1. The minimum Gasteiger partial charge on any atom is -0.468 e. The van der Waals surface area contributed by atoms with E-state index in [0.29, 0.717) is 0 Å². The first-order valence-corrected chi connectivity index (χ1v) is 8.05. The summed E-state index contributed by atoms with van der Waals surface area (Å²) in [5.74, 6) is -1.48. The number of hydrogen-bond donors (Lipinski definition) is 2. The van der Waals surface area contributed by atoms with Gasteiger partial charge in [-0.05, 0) is 12.1 Å². The quantitative estimate of drug-likeness (QED) is 0.572. The number of nitrogen functional groups attached to an aromatic ring is 1. The number of ether oxygens (including phenoxy) is 1. The van der Waals surface area contributed by atoms with Crippen molar-refractivity contribution >= 4 is 35.3 Å². The van der Waals surface area contributed by atoms with Crippen molar-refractivity contribution in [3.05, 3.63) is 29.8 Å². The van der Waals surface area contributed by atoms with Crippen LogP contribution in [0.3, 0.4) is 0 Å². The van der Waals surface area contributed by atoms with Crippen molar-refractivity contribution in [2.24, 2.45) is 0 Å². The lowest BCUT2D eigenvalue weighted by Gasteiger charge is -2.14. The predicted molar refractivity (Wildman–Crippen MR) is 87.2 cm³/mol. The fourth-order valence-electron chi connectivity index (χ4n) is 1.91. The summed E-state index contributed by atoms with van der Waals surface area (Å²) in [6.45, 7) is -0.422. The summed E-state index contributed by atoms with van der Waals surface area (Å²) in [6.07, 6.45) is -4.61. The summed E-state index contributed by atoms with van der Waals surface area (Å²) in [5.41, 5.74) is 4.28. The standard InChI is InChI=1S/C14H14F3N5O3S/c1-25-11(24)7-26-13-21-20-12(18)22(13)6-10(23)19-9-5-3-2-4-8(9)14(15,16)17/h2-5H,6-7H2,1H3,(H2,18,20)(H,19,23). The van der Waals surface area contributed by atoms with Crippen LogP contribution in [0.2, 0.25) is 0 Å². The van der Waals surface area contributed by atoms with E-state index in [-0.39, 0.29) is 22.5 Å². The number of alkyl halides is 3. The fourth-order valence-corrected chi connectivity index (χ4v) is 2.69. The first kappa shape index (κ1) is 19.6. The van der Waals surface area contributed by atoms with E-state index in [1.165, 1.54) is 23.8 Å². The van der Waals surface area contributed by atoms with Crippen molar-refractivity contribution in [1.82, 2.24) is 14.8 Å². The number of amides is 1. The van der Waals surface area contributed by atoms with Gasteiger partial charge in [0.1, 0.15) is 6.54 Å². The first-order chi connectivity index (χ1) is 12.2. The molecule has 0 saturated carbocycles. The third-order valence-corrected chi connectivity index (χ3v) is 4.04. The van der Waals surface area contributed by atoms with Crippen LogP contribution in [0.25, 0.3) is 0 Å². The number of rotatable bonds is 6. The number of carbonyl (C=O) groups excluding carboxylic acids is 2. The lowest BCUT2D eigenvalue weighted by atomic mass is 10.1. The molecule has 0 spiro atoms. The maximum Gasteiger partial charge on any atom is 0.418 e. The van der Waals surface area contributed by atoms with Crippen LogP contribution in [0.5, 0.6) is 0 Å². The van der Waals surface area contributed by atoms with Gasteiger partial charge in [-0.1, -0.05) is 23.9 Å². The molecule has 0 atom stereocenters. The Morgan fingerprint density at radius 3 is 2.65 bits per heavy atom. The maximum absolute atomic E-state index is 13.0. The van der Waals surface area contributed by atoms with Crippen LogP contribution in [-0.2, 0) is 27.0 Å². The molecular weight excluding hydrogens is 375 g/mol. The summed E-state index contributed by atoms with van der Waals surface area (Å²) in [5, 5.41) is 9.67. The van der Waals surface area contributed by atoms with E-state index in [2.05, 4.69) is 20.3 Å². The average Bonchev–Trinajstić information content (AvgIpc) is 2.92. The van der Waals surface area contributed by atoms with Crippen molar-refractivity contribution in [2.75, 3.05) is 23.9 Å². The van der Waals surface area contributed by atoms with Gasteiger partial charge in [0.2, 0.25) is 11.9 Å². The van der Waals surface area contributed by atoms with Crippen LogP contribution < -0.4 is 11.1 Å². The van der Waals surface area contributed by atoms with Crippen LogP contribution in [0.1, 0.15) is 5.56 Å². The lowest BCUT2D eigenvalue weighted by molar-refractivity contribution is -0.138. The van der Waals surface area contributed by atoms with Gasteiger partial charge in [0.15, 0.2) is 5.16 Å². The van der Waals surface area contributed by atoms with Gasteiger partial charge < -0.3 is 15.8 Å². The topological polar surface area (TPSA) is 112 Å². The van der Waals surface area contributed by atoms with Gasteiger partial charge in [0.25, 0.3) is 0 Å². The normalized spacial score (nSPS) is 11.2. The minimum absolute atomic E-state index is 0.0901. The Morgan fingerprint density at radius 2 is 2.00 bits per heavy atom. The van der Waals surface area contributed by atoms with Crippen LogP contribution in [0.15, 0.2) is 29.4 Å². The third kappa shape index (κ3) is 4.88. The molecule has 1 heterocycles. The summed E-state index contributed by atoms with van der Waals surface area (Å²) in [7, 11) is 1.22. The number of nitrogens with zero attached hydrogens (tertiary/aromatic N) is 3. The second kappa shape index (κ2) is 8.08. The van der Waals surface area contributed by atoms with Gasteiger partial charge in [-0.15, -0.1) is 10.2 Å². The maximum atomic E-state index is 13.0. The molecule has 1 aromatic carbocycles. The van der Waals surface area contributed by atoms with E-state index < -0.39 is 30.2 Å². The number of carbonyl (C=O) groups is 2. The Morgan fingerprint density at radius 1 is 1.31 bits per heavy atom. The molecule has 0 bridgehead atoms. The summed E-state index contributed by atoms with van der Waals surface area (Å²) >= 11 is 0.931. The molecule has 26 heavy (non-hydrogen) atoms. The van der Waals surface area contributed by atoms with E-state index in [0.717, 1.165) is 23.9 Å². The second-order valence-electron chi connectivity index (χ2n) is 4.88. The molecule has 0 saturated heterocycles. The monoisotopic (exact) mass is 389 g/mol. The molecule has 1 amide bonds. The van der Waals surface area contributed by atoms with Crippen molar-refractivity contribution in [3.63, 3.8) is 0 Å². The Labute approximate surface area is 149 Å². The summed E-state index contributed by atoms with van der Waals surface area (Å²) in [4.78, 5) is 23.3. The first-order valence-electron chi connectivity index (χ1n) is 7.06. The number of halogens is 3. The van der Waals surface area contributed by atoms with Crippen LogP contribution in [0, 0.1) is 0 Å². The highest BCUT2D eigenvalue weighted by atomic mass is 32.2. The highest BCUT2D eigenvalue weighted by Gasteiger charge is 2.33. The molecular formula is C14H14F3N5O3S. The summed E-state index contributed by atoms with van der Waals surface area (Å²) in [6, 6.07) is 4.59. The number of aromatic nitrogens is 3. The zero-order chi connectivity index (χ0) is 19.3. The van der Waals surface area contributed by atoms with Gasteiger partial charge in [-0.25, -0.2) is 0 Å². The number of benzene rings is 1. The molecule has 0 aliphatic carbocycles. The molecule has 2 aromatic rings. The van der Waals surface area contributed by atoms with E-state index >= 15 is 0 Å². The van der Waals surface area contributed by atoms with Crippen molar-refractivity contribution in [1.29, 1.82) is 0 Å². The highest BCUT2D eigenvalue weighted by molar-refractivity contribution is 7.99. The second-order valence-corrected chi connectivity index (χ2v) is 5.83. The van der Waals surface area contributed by atoms with E-state index in [4.69, 9.17) is 5.73 Å². The molecule has 0 aliphatic heterocycles. The molecule has 140 valence electrons. The largest absolute Gasteiger partial charge is 0.468 e. The summed E-state index contributed by atoms with van der Waals surface area (Å²) < 4.78 is 44.6. The van der Waals surface area contributed by atoms with Crippen molar-refractivity contribution in [2.45, 2.75) is 17.9 Å². The molecule has 2 rings (SSSR count). The Kier molecular flexibility index (Phi) is 6.08. The molecule has 0 radical (unpaired) electrons. The predicted octanol–water partition coefficient (Wildman–Crippen LogP) is 1.78. The van der Waals surface area contributed by atoms with Crippen LogP contribution >= 0.6 is 11.8 Å². The number of nitrogens with two attached hydrogens (primary N) is 1. The van der Waals surface area contributed by atoms with Crippen LogP contribution in [-0.4, -0.2) is 39.5 Å². The van der Waals surface area contributed by atoms with Gasteiger partial charge in [0, 0.05) is 0 Å². The number of hydrogen-bond acceptors (Lipinski definition) is 7. The fraction of sp³-hybridized carbons (Fsp3) is 0.286. The smallest absolute Gasteiger partial charge is 0.418 e. The number of methoxy groups -OCH3 is 1. The molecule has 0 unspecified atom stereocenters. The Hall–Kier alpha value is -2.76. The van der Waals surface area contributed by atoms with Gasteiger partial charge >= 0.3 is 12.1 Å². The Bertz CT molecular complexity index is 809. The van der Waals surface area contributed by atoms with Gasteiger partial charge in [0.05, 0.1) is 24.1 Å². The lowest BCUT2D eigenvalue weighted by Crippen LogP contribution is -2.22. The number of nitrogens with one attached hydrogen (secondary N) is 1. The van der Waals surface area contributed by atoms with Crippen molar-refractivity contribution in [3.8, 4) is 0 Å². The highest BCUT2D eigenvalue weighted by Crippen LogP contribution is 2.34. The van der Waals surface area contributed by atoms with E-state index in [1.54, 1.807) is 0 Å². The van der Waals surface area contributed by atoms with E-state index in [9.17, 15) is 22.8 Å². The third-order valence-electron chi connectivity index (χ3n) is 3.10. The SMILES string of the molecule is COC(=O)CSc1nnc(N)n1CC(=O)Nc1ccccc1C(F)(F)F. The number of thioether (sulfide) groups is 1. The Balaban J connectivity index is 2.12. The molecule has 1 aromatic heterocycles. The molecule has 0 fully saturated rings. The molecule has 12 heteroatoms. The zero-order valence-electron chi connectivity index (χ0n) is 13.4. The average molecular weight is 389 g/mol. The zero-order valence-corrected chi connectivity index (χ0v) is 14.2. The molecule has 3 N–H and O–H groups in total.